The fraction of sp³-hybridized carbons (Fsp3) is 0.241. The highest BCUT2D eigenvalue weighted by Crippen LogP contribution is 2.36. The Hall–Kier alpha value is -3.31. The van der Waals surface area contributed by atoms with Crippen LogP contribution in [-0.4, -0.2) is 32.1 Å². The number of hydrogen-bond acceptors (Lipinski definition) is 3. The van der Waals surface area contributed by atoms with Crippen molar-refractivity contribution in [1.29, 1.82) is 0 Å². The molecule has 0 saturated carbocycles. The first-order valence-corrected chi connectivity index (χ1v) is 13.0. The molecule has 0 fully saturated rings. The summed E-state index contributed by atoms with van der Waals surface area (Å²) >= 11 is 1.50. The molecule has 4 nitrogen and oxygen atoms in total. The second kappa shape index (κ2) is 12.2. The van der Waals surface area contributed by atoms with Crippen molar-refractivity contribution in [3.8, 4) is 33.9 Å². The predicted molar refractivity (Wildman–Crippen MR) is 142 cm³/mol. The zero-order valence-corrected chi connectivity index (χ0v) is 20.1. The first-order valence-electron chi connectivity index (χ1n) is 11.8. The molecule has 174 valence electrons. The van der Waals surface area contributed by atoms with Crippen LogP contribution in [0.2, 0.25) is 0 Å². The van der Waals surface area contributed by atoms with Crippen LogP contribution in [0.15, 0.2) is 91.0 Å². The topological polar surface area (TPSA) is 55.1 Å². The Labute approximate surface area is 205 Å². The zero-order valence-electron chi connectivity index (χ0n) is 19.3. The molecule has 0 aliphatic rings. The lowest BCUT2D eigenvalue weighted by molar-refractivity contribution is -0.133. The lowest BCUT2D eigenvalue weighted by Gasteiger charge is -2.13. The third-order valence-corrected chi connectivity index (χ3v) is 6.77. The van der Waals surface area contributed by atoms with Crippen molar-refractivity contribution >= 4 is 17.7 Å². The molecule has 0 atom stereocenters. The molecule has 0 aliphatic heterocycles. The van der Waals surface area contributed by atoms with E-state index in [1.54, 1.807) is 0 Å². The molecular formula is C29H30N2O2S. The number of unbranched alkanes of at least 4 members (excludes halogenated alkanes) is 3. The molecule has 0 spiro atoms. The van der Waals surface area contributed by atoms with Crippen LogP contribution < -0.4 is 0 Å². The molecule has 1 aromatic heterocycles. The fourth-order valence-electron chi connectivity index (χ4n) is 4.15. The van der Waals surface area contributed by atoms with Gasteiger partial charge in [0.1, 0.15) is 5.82 Å². The van der Waals surface area contributed by atoms with E-state index in [2.05, 4.69) is 77.4 Å². The monoisotopic (exact) mass is 470 g/mol. The number of nitrogens with zero attached hydrogens (tertiary/aromatic N) is 2. The number of hydrogen-bond donors (Lipinski definition) is 1. The minimum atomic E-state index is -0.735. The van der Waals surface area contributed by atoms with Gasteiger partial charge in [-0.25, -0.2) is 4.98 Å². The van der Waals surface area contributed by atoms with Gasteiger partial charge in [0.05, 0.1) is 17.1 Å². The number of thioether (sulfide) groups is 1. The van der Waals surface area contributed by atoms with Crippen LogP contribution in [0.3, 0.4) is 0 Å². The second-order valence-electron chi connectivity index (χ2n) is 8.24. The van der Waals surface area contributed by atoms with E-state index >= 15 is 0 Å². The van der Waals surface area contributed by atoms with Gasteiger partial charge < -0.3 is 9.67 Å². The Morgan fingerprint density at radius 2 is 1.29 bits per heavy atom. The molecular weight excluding hydrogens is 440 g/mol. The minimum Gasteiger partial charge on any atom is -0.481 e. The smallest absolute Gasteiger partial charge is 0.313 e. The Morgan fingerprint density at radius 1 is 0.735 bits per heavy atom. The van der Waals surface area contributed by atoms with Gasteiger partial charge in [-0.1, -0.05) is 104 Å². The van der Waals surface area contributed by atoms with Gasteiger partial charge in [-0.15, -0.1) is 0 Å². The molecule has 0 unspecified atom stereocenters. The van der Waals surface area contributed by atoms with Crippen LogP contribution in [0.25, 0.3) is 33.9 Å². The molecule has 5 heteroatoms. The van der Waals surface area contributed by atoms with Gasteiger partial charge in [0.25, 0.3) is 0 Å². The van der Waals surface area contributed by atoms with Crippen LogP contribution >= 0.6 is 11.8 Å². The molecule has 1 heterocycles. The van der Waals surface area contributed by atoms with Crippen molar-refractivity contribution in [3.63, 3.8) is 0 Å². The van der Waals surface area contributed by atoms with E-state index in [-0.39, 0.29) is 5.75 Å². The largest absolute Gasteiger partial charge is 0.481 e. The second-order valence-corrected chi connectivity index (χ2v) is 9.35. The maximum Gasteiger partial charge on any atom is 0.313 e. The Kier molecular flexibility index (Phi) is 8.58. The lowest BCUT2D eigenvalue weighted by Crippen LogP contribution is -2.04. The number of carboxylic acid groups (broad SMARTS) is 1. The van der Waals surface area contributed by atoms with Gasteiger partial charge in [-0.2, -0.15) is 11.8 Å². The minimum absolute atomic E-state index is 0.193. The van der Waals surface area contributed by atoms with E-state index in [0.717, 1.165) is 66.3 Å². The quantitative estimate of drug-likeness (QED) is 0.221. The third kappa shape index (κ3) is 6.17. The molecule has 4 rings (SSSR count). The van der Waals surface area contributed by atoms with Crippen LogP contribution in [0.4, 0.5) is 0 Å². The van der Waals surface area contributed by atoms with Gasteiger partial charge in [0.15, 0.2) is 0 Å². The predicted octanol–water partition coefficient (Wildman–Crippen LogP) is 7.26. The number of benzene rings is 3. The van der Waals surface area contributed by atoms with Gasteiger partial charge in [0, 0.05) is 23.2 Å². The number of aliphatic carboxylic acids is 1. The third-order valence-electron chi connectivity index (χ3n) is 5.74. The summed E-state index contributed by atoms with van der Waals surface area (Å²) in [5, 5.41) is 8.78. The van der Waals surface area contributed by atoms with E-state index in [0.29, 0.717) is 0 Å². The van der Waals surface area contributed by atoms with Crippen molar-refractivity contribution in [1.82, 2.24) is 9.55 Å². The van der Waals surface area contributed by atoms with Crippen LogP contribution in [-0.2, 0) is 11.3 Å². The summed E-state index contributed by atoms with van der Waals surface area (Å²) in [7, 11) is 0. The van der Waals surface area contributed by atoms with E-state index in [1.165, 1.54) is 17.3 Å². The van der Waals surface area contributed by atoms with Crippen LogP contribution in [0.5, 0.6) is 0 Å². The highest BCUT2D eigenvalue weighted by Gasteiger charge is 2.20. The molecule has 1 N–H and O–H groups in total. The summed E-state index contributed by atoms with van der Waals surface area (Å²) in [5.41, 5.74) is 5.57. The molecule has 0 aliphatic carbocycles. The van der Waals surface area contributed by atoms with Gasteiger partial charge in [-0.3, -0.25) is 4.79 Å². The van der Waals surface area contributed by atoms with E-state index in [4.69, 9.17) is 10.1 Å². The molecule has 0 saturated heterocycles. The average Bonchev–Trinajstić information content (AvgIpc) is 3.26. The highest BCUT2D eigenvalue weighted by atomic mass is 32.2. The molecule has 3 aromatic carbocycles. The Balaban J connectivity index is 1.62. The molecule has 0 radical (unpaired) electrons. The Bertz CT molecular complexity index is 1180. The lowest BCUT2D eigenvalue weighted by atomic mass is 10.0. The van der Waals surface area contributed by atoms with Crippen molar-refractivity contribution in [2.45, 2.75) is 32.2 Å². The summed E-state index contributed by atoms with van der Waals surface area (Å²) in [6, 6.07) is 31.4. The maximum absolute atomic E-state index is 10.7. The number of carbonyl (C=O) groups is 1. The summed E-state index contributed by atoms with van der Waals surface area (Å²) in [4.78, 5) is 15.9. The SMILES string of the molecule is O=C(O)CSCCCCCCn1c(-c2ccccc2)nc(-c2ccccc2)c1-c1ccccc1. The summed E-state index contributed by atoms with van der Waals surface area (Å²) in [5.74, 6) is 1.36. The Morgan fingerprint density at radius 3 is 1.91 bits per heavy atom. The average molecular weight is 471 g/mol. The summed E-state index contributed by atoms with van der Waals surface area (Å²) in [6.45, 7) is 0.885. The zero-order chi connectivity index (χ0) is 23.6. The van der Waals surface area contributed by atoms with Gasteiger partial charge in [0.2, 0.25) is 0 Å². The number of carboxylic acids is 1. The van der Waals surface area contributed by atoms with Crippen molar-refractivity contribution in [2.24, 2.45) is 0 Å². The summed E-state index contributed by atoms with van der Waals surface area (Å²) in [6.07, 6.45) is 4.31. The highest BCUT2D eigenvalue weighted by molar-refractivity contribution is 7.99. The molecule has 0 amide bonds. The summed E-state index contributed by atoms with van der Waals surface area (Å²) < 4.78 is 2.38. The molecule has 34 heavy (non-hydrogen) atoms. The van der Waals surface area contributed by atoms with Gasteiger partial charge in [-0.05, 0) is 18.6 Å². The normalized spacial score (nSPS) is 10.9. The van der Waals surface area contributed by atoms with Crippen LogP contribution in [0, 0.1) is 0 Å². The molecule has 0 bridgehead atoms. The van der Waals surface area contributed by atoms with E-state index < -0.39 is 5.97 Å². The van der Waals surface area contributed by atoms with E-state index in [9.17, 15) is 4.79 Å². The van der Waals surface area contributed by atoms with Crippen LogP contribution in [0.1, 0.15) is 25.7 Å². The maximum atomic E-state index is 10.7. The van der Waals surface area contributed by atoms with Crippen molar-refractivity contribution < 1.29 is 9.90 Å². The first kappa shape index (κ1) is 23.8. The number of aromatic nitrogens is 2. The number of rotatable bonds is 12. The molecule has 4 aromatic rings. The van der Waals surface area contributed by atoms with E-state index in [1.807, 2.05) is 18.2 Å². The van der Waals surface area contributed by atoms with Crippen molar-refractivity contribution in [3.05, 3.63) is 91.0 Å². The first-order chi connectivity index (χ1) is 16.7. The fourth-order valence-corrected chi connectivity index (χ4v) is 4.88. The number of imidazole rings is 1. The van der Waals surface area contributed by atoms with Gasteiger partial charge >= 0.3 is 5.97 Å². The standard InChI is InChI=1S/C29H30N2O2S/c32-26(33)22-34-21-13-2-1-12-20-31-28(24-16-8-4-9-17-24)27(23-14-6-3-7-15-23)30-29(31)25-18-10-5-11-19-25/h3-11,14-19H,1-2,12-13,20-22H2,(H,32,33). The van der Waals surface area contributed by atoms with Crippen molar-refractivity contribution in [2.75, 3.05) is 11.5 Å².